The Hall–Kier alpha value is 0.820. The van der Waals surface area contributed by atoms with Crippen molar-refractivity contribution in [1.29, 1.82) is 0 Å². The van der Waals surface area contributed by atoms with Gasteiger partial charge in [0.1, 0.15) is 13.6 Å². The molecule has 0 aromatic heterocycles. The minimum atomic E-state index is 0.310. The fraction of sp³-hybridized carbons (Fsp3) is 0.714. The van der Waals surface area contributed by atoms with Crippen LogP contribution in [0.5, 0.6) is 0 Å². The van der Waals surface area contributed by atoms with Gasteiger partial charge in [0.15, 0.2) is 0 Å². The van der Waals surface area contributed by atoms with Crippen molar-refractivity contribution in [2.24, 2.45) is 0 Å². The van der Waals surface area contributed by atoms with Crippen LogP contribution < -0.4 is 0 Å². The summed E-state index contributed by atoms with van der Waals surface area (Å²) in [6.45, 7) is 2.03. The highest BCUT2D eigenvalue weighted by Crippen LogP contribution is 1.94. The summed E-state index contributed by atoms with van der Waals surface area (Å²) in [5.41, 5.74) is 0. The van der Waals surface area contributed by atoms with Crippen LogP contribution in [0, 0.1) is 0 Å². The number of ether oxygens (including phenoxy) is 3. The predicted molar refractivity (Wildman–Crippen MR) is 97.2 cm³/mol. The van der Waals surface area contributed by atoms with Gasteiger partial charge in [-0.2, -0.15) is 0 Å². The second-order valence-electron chi connectivity index (χ2n) is 3.73. The maximum Gasteiger partial charge on any atom is 0.149 e. The van der Waals surface area contributed by atoms with E-state index in [1.54, 1.807) is 0 Å². The number of hydrogen-bond acceptors (Lipinski definition) is 3. The highest BCUT2D eigenvalue weighted by molar-refractivity contribution is 14.1. The molecular formula is C14H24I2O3. The molecular weight excluding hydrogens is 470 g/mol. The zero-order chi connectivity index (χ0) is 14.0. The smallest absolute Gasteiger partial charge is 0.149 e. The van der Waals surface area contributed by atoms with Crippen LogP contribution in [-0.2, 0) is 14.2 Å². The lowest BCUT2D eigenvalue weighted by atomic mass is 10.3. The molecule has 0 heterocycles. The number of allylic oxidation sites excluding steroid dienone is 2. The Labute approximate surface area is 144 Å². The molecule has 0 fully saturated rings. The van der Waals surface area contributed by atoms with Crippen LogP contribution in [0.4, 0.5) is 0 Å². The van der Waals surface area contributed by atoms with E-state index in [0.717, 1.165) is 25.7 Å². The molecule has 0 aliphatic heterocycles. The van der Waals surface area contributed by atoms with Crippen LogP contribution in [0.3, 0.4) is 0 Å². The summed E-state index contributed by atoms with van der Waals surface area (Å²) >= 11 is 4.73. The van der Waals surface area contributed by atoms with Crippen LogP contribution in [0.2, 0.25) is 0 Å². The van der Waals surface area contributed by atoms with Crippen LogP contribution in [0.25, 0.3) is 0 Å². The second-order valence-corrected chi connectivity index (χ2v) is 5.89. The Morgan fingerprint density at radius 2 is 1.00 bits per heavy atom. The summed E-state index contributed by atoms with van der Waals surface area (Å²) in [7, 11) is 0. The molecule has 0 amide bonds. The molecule has 0 aromatic carbocycles. The summed E-state index contributed by atoms with van der Waals surface area (Å²) < 4.78 is 18.1. The van der Waals surface area contributed by atoms with Gasteiger partial charge in [-0.25, -0.2) is 0 Å². The Morgan fingerprint density at radius 1 is 0.579 bits per heavy atom. The van der Waals surface area contributed by atoms with E-state index in [-0.39, 0.29) is 0 Å². The minimum absolute atomic E-state index is 0.310. The summed E-state index contributed by atoms with van der Waals surface area (Å²) in [5.74, 6) is 0. The third-order valence-electron chi connectivity index (χ3n) is 2.08. The summed E-state index contributed by atoms with van der Waals surface area (Å²) in [4.78, 5) is 0. The number of alkyl halides is 2. The first-order chi connectivity index (χ1) is 9.41. The van der Waals surface area contributed by atoms with Gasteiger partial charge in [-0.15, -0.1) is 0 Å². The van der Waals surface area contributed by atoms with Gasteiger partial charge >= 0.3 is 0 Å². The molecule has 0 saturated heterocycles. The summed E-state index contributed by atoms with van der Waals surface area (Å²) in [6.07, 6.45) is 12.8. The Kier molecular flexibility index (Phi) is 19.6. The molecule has 0 aromatic rings. The van der Waals surface area contributed by atoms with E-state index in [2.05, 4.69) is 69.5 Å². The molecule has 0 N–H and O–H groups in total. The normalized spacial score (nSPS) is 11.9. The fourth-order valence-corrected chi connectivity index (χ4v) is 1.89. The van der Waals surface area contributed by atoms with Crippen molar-refractivity contribution < 1.29 is 14.2 Å². The Morgan fingerprint density at radius 3 is 1.42 bits per heavy atom. The lowest BCUT2D eigenvalue weighted by Gasteiger charge is -2.05. The van der Waals surface area contributed by atoms with Crippen LogP contribution >= 0.6 is 45.2 Å². The van der Waals surface area contributed by atoms with E-state index in [0.29, 0.717) is 26.8 Å². The molecule has 0 bridgehead atoms. The largest absolute Gasteiger partial charge is 0.355 e. The highest BCUT2D eigenvalue weighted by atomic mass is 127. The van der Waals surface area contributed by atoms with Crippen molar-refractivity contribution >= 4 is 45.2 Å². The average molecular weight is 494 g/mol. The lowest BCUT2D eigenvalue weighted by molar-refractivity contribution is -0.129. The van der Waals surface area contributed by atoms with Gasteiger partial charge in [-0.05, 0) is 25.7 Å². The van der Waals surface area contributed by atoms with E-state index in [1.807, 2.05) is 0 Å². The monoisotopic (exact) mass is 494 g/mol. The summed E-state index contributed by atoms with van der Waals surface area (Å²) in [6, 6.07) is 0. The number of halogens is 2. The molecule has 0 rings (SSSR count). The van der Waals surface area contributed by atoms with Crippen molar-refractivity contribution in [3.63, 3.8) is 0 Å². The van der Waals surface area contributed by atoms with Gasteiger partial charge in [0.25, 0.3) is 0 Å². The minimum Gasteiger partial charge on any atom is -0.355 e. The second kappa shape index (κ2) is 18.8. The predicted octanol–water partition coefficient (Wildman–Crippen LogP) is 4.49. The zero-order valence-corrected chi connectivity index (χ0v) is 15.7. The average Bonchev–Trinajstić information content (AvgIpc) is 2.43. The van der Waals surface area contributed by atoms with Gasteiger partial charge in [0, 0.05) is 8.86 Å². The maximum atomic E-state index is 5.30. The van der Waals surface area contributed by atoms with E-state index in [1.165, 1.54) is 8.86 Å². The molecule has 0 saturated carbocycles. The third-order valence-corrected chi connectivity index (χ3v) is 3.32. The first-order valence-electron chi connectivity index (χ1n) is 6.57. The Bertz CT molecular complexity index is 199. The van der Waals surface area contributed by atoms with E-state index < -0.39 is 0 Å². The first-order valence-corrected chi connectivity index (χ1v) is 9.62. The van der Waals surface area contributed by atoms with Crippen molar-refractivity contribution in [3.05, 3.63) is 24.3 Å². The van der Waals surface area contributed by atoms with E-state index >= 15 is 0 Å². The van der Waals surface area contributed by atoms with E-state index in [9.17, 15) is 0 Å². The molecule has 0 spiro atoms. The summed E-state index contributed by atoms with van der Waals surface area (Å²) in [5, 5.41) is 0. The topological polar surface area (TPSA) is 27.7 Å². The number of rotatable bonds is 14. The molecule has 112 valence electrons. The van der Waals surface area contributed by atoms with Gasteiger partial charge in [0.2, 0.25) is 0 Å². The van der Waals surface area contributed by atoms with Crippen molar-refractivity contribution in [3.8, 4) is 0 Å². The molecule has 0 unspecified atom stereocenters. The maximum absolute atomic E-state index is 5.30. The van der Waals surface area contributed by atoms with Crippen molar-refractivity contribution in [2.45, 2.75) is 25.7 Å². The van der Waals surface area contributed by atoms with Gasteiger partial charge in [-0.3, -0.25) is 0 Å². The standard InChI is InChI=1S/C14H24I2O3/c15-9-5-1-3-7-11-17-13-19-14-18-12-8-4-2-6-10-16/h1-4H,5-14H2/b3-1+,4-2+. The van der Waals surface area contributed by atoms with Gasteiger partial charge in [0.05, 0.1) is 13.2 Å². The Balaban J connectivity index is 3.02. The quantitative estimate of drug-likeness (QED) is 0.117. The third kappa shape index (κ3) is 18.8. The molecule has 5 heteroatoms. The molecule has 0 aliphatic rings. The first kappa shape index (κ1) is 19.8. The number of hydrogen-bond donors (Lipinski definition) is 0. The van der Waals surface area contributed by atoms with Crippen molar-refractivity contribution in [2.75, 3.05) is 35.7 Å². The molecule has 19 heavy (non-hydrogen) atoms. The zero-order valence-electron chi connectivity index (χ0n) is 11.4. The van der Waals surface area contributed by atoms with Crippen LogP contribution in [-0.4, -0.2) is 35.7 Å². The lowest BCUT2D eigenvalue weighted by Crippen LogP contribution is -2.05. The van der Waals surface area contributed by atoms with Gasteiger partial charge < -0.3 is 14.2 Å². The van der Waals surface area contributed by atoms with Crippen LogP contribution in [0.15, 0.2) is 24.3 Å². The van der Waals surface area contributed by atoms with E-state index in [4.69, 9.17) is 14.2 Å². The molecule has 0 radical (unpaired) electrons. The fourth-order valence-electron chi connectivity index (χ4n) is 1.17. The molecule has 0 aliphatic carbocycles. The highest BCUT2D eigenvalue weighted by Gasteiger charge is 1.88. The van der Waals surface area contributed by atoms with Gasteiger partial charge in [-0.1, -0.05) is 69.5 Å². The SMILES string of the molecule is ICC/C=C/CCOCOCOCC/C=C/CCI. The molecule has 3 nitrogen and oxygen atoms in total. The van der Waals surface area contributed by atoms with Crippen LogP contribution in [0.1, 0.15) is 25.7 Å². The molecule has 0 atom stereocenters. The van der Waals surface area contributed by atoms with Crippen molar-refractivity contribution in [1.82, 2.24) is 0 Å².